The summed E-state index contributed by atoms with van der Waals surface area (Å²) in [6, 6.07) is 5.88. The molecule has 0 N–H and O–H groups in total. The first kappa shape index (κ1) is 13.5. The highest BCUT2D eigenvalue weighted by molar-refractivity contribution is 9.11. The fraction of sp³-hybridized carbons (Fsp3) is 0.250. The second-order valence-corrected chi connectivity index (χ2v) is 5.16. The fourth-order valence-corrected chi connectivity index (χ4v) is 2.32. The molecule has 0 radical (unpaired) electrons. The smallest absolute Gasteiger partial charge is 0.155 e. The monoisotopic (exact) mass is 346 g/mol. The van der Waals surface area contributed by atoms with E-state index in [0.717, 1.165) is 14.5 Å². The van der Waals surface area contributed by atoms with Crippen molar-refractivity contribution < 1.29 is 9.53 Å². The molecule has 0 bridgehead atoms. The van der Waals surface area contributed by atoms with Gasteiger partial charge in [-0.2, -0.15) is 0 Å². The molecule has 4 heteroatoms. The lowest BCUT2D eigenvalue weighted by Crippen LogP contribution is -1.94. The summed E-state index contributed by atoms with van der Waals surface area (Å²) < 4.78 is 7.45. The first-order valence-corrected chi connectivity index (χ1v) is 6.33. The van der Waals surface area contributed by atoms with E-state index in [4.69, 9.17) is 4.74 Å². The van der Waals surface area contributed by atoms with Crippen molar-refractivity contribution in [3.8, 4) is 0 Å². The Morgan fingerprint density at radius 3 is 2.62 bits per heavy atom. The molecule has 86 valence electrons. The molecule has 0 aliphatic rings. The second-order valence-electron chi connectivity index (χ2n) is 3.39. The van der Waals surface area contributed by atoms with E-state index in [1.165, 1.54) is 13.0 Å². The van der Waals surface area contributed by atoms with Crippen molar-refractivity contribution >= 4 is 37.6 Å². The maximum Gasteiger partial charge on any atom is 0.155 e. The summed E-state index contributed by atoms with van der Waals surface area (Å²) in [5.41, 5.74) is 1.04. The Bertz CT molecular complexity index is 425. The van der Waals surface area contributed by atoms with Gasteiger partial charge in [0.05, 0.1) is 5.76 Å². The standard InChI is InChI=1S/C12H12Br2O2/c1-8(15)5-9(2)16-7-10-3-4-11(13)6-12(10)14/h3-6H,7H2,1-2H3/b9-5+. The lowest BCUT2D eigenvalue weighted by atomic mass is 10.2. The zero-order valence-corrected chi connectivity index (χ0v) is 12.3. The van der Waals surface area contributed by atoms with Gasteiger partial charge < -0.3 is 4.74 Å². The number of benzene rings is 1. The van der Waals surface area contributed by atoms with Crippen LogP contribution in [-0.4, -0.2) is 5.78 Å². The van der Waals surface area contributed by atoms with Gasteiger partial charge in [-0.3, -0.25) is 4.79 Å². The largest absolute Gasteiger partial charge is 0.493 e. The molecule has 1 aromatic rings. The minimum absolute atomic E-state index is 0.00706. The molecule has 1 aromatic carbocycles. The zero-order valence-electron chi connectivity index (χ0n) is 9.09. The van der Waals surface area contributed by atoms with Gasteiger partial charge in [0.2, 0.25) is 0 Å². The number of ether oxygens (including phenoxy) is 1. The van der Waals surface area contributed by atoms with Gasteiger partial charge >= 0.3 is 0 Å². The minimum Gasteiger partial charge on any atom is -0.493 e. The number of ketones is 1. The van der Waals surface area contributed by atoms with E-state index in [0.29, 0.717) is 12.4 Å². The van der Waals surface area contributed by atoms with Crippen molar-refractivity contribution in [2.75, 3.05) is 0 Å². The number of allylic oxidation sites excluding steroid dienone is 2. The Morgan fingerprint density at radius 1 is 1.38 bits per heavy atom. The van der Waals surface area contributed by atoms with Crippen LogP contribution in [0.3, 0.4) is 0 Å². The van der Waals surface area contributed by atoms with Crippen LogP contribution >= 0.6 is 31.9 Å². The summed E-state index contributed by atoms with van der Waals surface area (Å²) in [5.74, 6) is 0.620. The van der Waals surface area contributed by atoms with Crippen LogP contribution in [0.1, 0.15) is 19.4 Å². The Morgan fingerprint density at radius 2 is 2.06 bits per heavy atom. The quantitative estimate of drug-likeness (QED) is 0.602. The Kier molecular flexibility index (Phi) is 5.22. The summed E-state index contributed by atoms with van der Waals surface area (Å²) >= 11 is 6.83. The van der Waals surface area contributed by atoms with E-state index in [9.17, 15) is 4.79 Å². The lowest BCUT2D eigenvalue weighted by molar-refractivity contribution is -0.112. The first-order chi connectivity index (χ1) is 7.49. The Labute approximate surface area is 112 Å². The highest BCUT2D eigenvalue weighted by Crippen LogP contribution is 2.23. The van der Waals surface area contributed by atoms with Gasteiger partial charge in [-0.05, 0) is 26.0 Å². The predicted molar refractivity (Wildman–Crippen MR) is 71.1 cm³/mol. The molecule has 16 heavy (non-hydrogen) atoms. The van der Waals surface area contributed by atoms with E-state index >= 15 is 0 Å². The van der Waals surface area contributed by atoms with E-state index in [2.05, 4.69) is 31.9 Å². The van der Waals surface area contributed by atoms with Crippen LogP contribution in [0.2, 0.25) is 0 Å². The van der Waals surface area contributed by atoms with Gasteiger partial charge in [-0.25, -0.2) is 0 Å². The molecule has 0 unspecified atom stereocenters. The SMILES string of the molecule is CC(=O)/C=C(\C)OCc1ccc(Br)cc1Br. The van der Waals surface area contributed by atoms with Crippen molar-refractivity contribution in [3.63, 3.8) is 0 Å². The molecule has 2 nitrogen and oxygen atoms in total. The van der Waals surface area contributed by atoms with Crippen LogP contribution in [0.25, 0.3) is 0 Å². The van der Waals surface area contributed by atoms with Crippen molar-refractivity contribution in [2.45, 2.75) is 20.5 Å². The number of carbonyl (C=O) groups excluding carboxylic acids is 1. The van der Waals surface area contributed by atoms with Gasteiger partial charge in [0.15, 0.2) is 5.78 Å². The highest BCUT2D eigenvalue weighted by Gasteiger charge is 2.01. The van der Waals surface area contributed by atoms with Gasteiger partial charge in [0, 0.05) is 20.6 Å². The average molecular weight is 348 g/mol. The lowest BCUT2D eigenvalue weighted by Gasteiger charge is -2.08. The van der Waals surface area contributed by atoms with Crippen molar-refractivity contribution in [2.24, 2.45) is 0 Å². The molecule has 1 rings (SSSR count). The number of rotatable bonds is 4. The highest BCUT2D eigenvalue weighted by atomic mass is 79.9. The van der Waals surface area contributed by atoms with Crippen LogP contribution in [0.4, 0.5) is 0 Å². The molecule has 0 aromatic heterocycles. The van der Waals surface area contributed by atoms with E-state index in [1.54, 1.807) is 6.92 Å². The molecule has 0 atom stereocenters. The number of hydrogen-bond acceptors (Lipinski definition) is 2. The normalized spacial score (nSPS) is 11.4. The topological polar surface area (TPSA) is 26.3 Å². The second kappa shape index (κ2) is 6.21. The molecular weight excluding hydrogens is 336 g/mol. The fourth-order valence-electron chi connectivity index (χ4n) is 1.16. The molecular formula is C12H12Br2O2. The third kappa shape index (κ3) is 4.49. The summed E-state index contributed by atoms with van der Waals surface area (Å²) in [6.45, 7) is 3.72. The summed E-state index contributed by atoms with van der Waals surface area (Å²) in [7, 11) is 0. The molecule has 0 aliphatic heterocycles. The maximum absolute atomic E-state index is 10.8. The first-order valence-electron chi connectivity index (χ1n) is 4.74. The molecule has 0 spiro atoms. The molecule has 0 fully saturated rings. The number of carbonyl (C=O) groups is 1. The van der Waals surface area contributed by atoms with Crippen molar-refractivity contribution in [1.82, 2.24) is 0 Å². The third-order valence-electron chi connectivity index (χ3n) is 1.88. The maximum atomic E-state index is 10.8. The third-order valence-corrected chi connectivity index (χ3v) is 3.11. The molecule has 0 heterocycles. The van der Waals surface area contributed by atoms with Crippen LogP contribution in [0.15, 0.2) is 39.0 Å². The summed E-state index contributed by atoms with van der Waals surface area (Å²) in [4.78, 5) is 10.8. The van der Waals surface area contributed by atoms with E-state index in [-0.39, 0.29) is 5.78 Å². The minimum atomic E-state index is -0.00706. The van der Waals surface area contributed by atoms with Gasteiger partial charge in [0.1, 0.15) is 6.61 Å². The predicted octanol–water partition coefficient (Wildman–Crippen LogP) is 4.22. The van der Waals surface area contributed by atoms with Crippen molar-refractivity contribution in [1.29, 1.82) is 0 Å². The van der Waals surface area contributed by atoms with Gasteiger partial charge in [-0.1, -0.05) is 37.9 Å². The van der Waals surface area contributed by atoms with E-state index in [1.807, 2.05) is 18.2 Å². The average Bonchev–Trinajstić information content (AvgIpc) is 2.15. The zero-order chi connectivity index (χ0) is 12.1. The molecule has 0 saturated carbocycles. The summed E-state index contributed by atoms with van der Waals surface area (Å²) in [6.07, 6.45) is 1.48. The van der Waals surface area contributed by atoms with Crippen LogP contribution in [0, 0.1) is 0 Å². The van der Waals surface area contributed by atoms with Crippen LogP contribution in [-0.2, 0) is 16.1 Å². The summed E-state index contributed by atoms with van der Waals surface area (Å²) in [5, 5.41) is 0. The van der Waals surface area contributed by atoms with E-state index < -0.39 is 0 Å². The van der Waals surface area contributed by atoms with Gasteiger partial charge in [0.25, 0.3) is 0 Å². The Hall–Kier alpha value is -0.610. The number of halogens is 2. The van der Waals surface area contributed by atoms with Crippen LogP contribution in [0.5, 0.6) is 0 Å². The van der Waals surface area contributed by atoms with Crippen LogP contribution < -0.4 is 0 Å². The molecule has 0 amide bonds. The van der Waals surface area contributed by atoms with Crippen molar-refractivity contribution in [3.05, 3.63) is 44.5 Å². The van der Waals surface area contributed by atoms with Gasteiger partial charge in [-0.15, -0.1) is 0 Å². The molecule has 0 aliphatic carbocycles. The Balaban J connectivity index is 2.65. The molecule has 0 saturated heterocycles. The number of hydrogen-bond donors (Lipinski definition) is 0.